The van der Waals surface area contributed by atoms with Crippen LogP contribution in [0.2, 0.25) is 0 Å². The van der Waals surface area contributed by atoms with Crippen molar-refractivity contribution in [3.05, 3.63) is 60.4 Å². The van der Waals surface area contributed by atoms with Gasteiger partial charge in [-0.1, -0.05) is 18.2 Å². The number of ether oxygens (including phenoxy) is 1. The van der Waals surface area contributed by atoms with Crippen LogP contribution in [0.15, 0.2) is 59.7 Å². The Morgan fingerprint density at radius 1 is 1.14 bits per heavy atom. The quantitative estimate of drug-likeness (QED) is 0.487. The number of hydrazone groups is 1. The number of para-hydroxylation sites is 1. The number of halogens is 1. The van der Waals surface area contributed by atoms with Gasteiger partial charge in [0.05, 0.1) is 12.3 Å². The minimum atomic E-state index is -1.80. The third-order valence-electron chi connectivity index (χ3n) is 4.35. The fourth-order valence-electron chi connectivity index (χ4n) is 2.95. The average Bonchev–Trinajstić information content (AvgIpc) is 2.89. The number of anilines is 2. The van der Waals surface area contributed by atoms with Crippen molar-refractivity contribution in [3.8, 4) is 0 Å². The number of nitrogens with one attached hydrogen (secondary N) is 1. The highest BCUT2D eigenvalue weighted by molar-refractivity contribution is 6.75. The second kappa shape index (κ2) is 7.59. The number of amides is 1. The van der Waals surface area contributed by atoms with Gasteiger partial charge in [0.15, 0.2) is 11.3 Å². The fraction of sp³-hybridized carbons (Fsp3) is 0.200. The predicted octanol–water partition coefficient (Wildman–Crippen LogP) is 2.53. The smallest absolute Gasteiger partial charge is 0.338 e. The van der Waals surface area contributed by atoms with Crippen molar-refractivity contribution in [1.82, 2.24) is 0 Å². The molecule has 8 heteroatoms. The lowest BCUT2D eigenvalue weighted by atomic mass is 9.95. The highest BCUT2D eigenvalue weighted by Gasteiger charge is 2.60. The number of esters is 1. The van der Waals surface area contributed by atoms with Crippen LogP contribution in [-0.4, -0.2) is 35.5 Å². The van der Waals surface area contributed by atoms with Crippen LogP contribution in [0.1, 0.15) is 13.8 Å². The van der Waals surface area contributed by atoms with Crippen molar-refractivity contribution in [2.45, 2.75) is 19.4 Å². The number of hydrogen-bond acceptors (Lipinski definition) is 6. The van der Waals surface area contributed by atoms with E-state index in [1.807, 2.05) is 6.07 Å². The number of benzene rings is 2. The lowest BCUT2D eigenvalue weighted by molar-refractivity contribution is -0.147. The molecule has 1 amide bonds. The number of carbonyl (C=O) groups is 3. The first-order valence-corrected chi connectivity index (χ1v) is 8.60. The van der Waals surface area contributed by atoms with Crippen molar-refractivity contribution in [2.24, 2.45) is 5.10 Å². The van der Waals surface area contributed by atoms with E-state index in [4.69, 9.17) is 4.74 Å². The molecule has 0 saturated carbocycles. The van der Waals surface area contributed by atoms with E-state index in [9.17, 15) is 18.8 Å². The fourth-order valence-corrected chi connectivity index (χ4v) is 2.95. The van der Waals surface area contributed by atoms with E-state index in [2.05, 4.69) is 10.5 Å². The summed E-state index contributed by atoms with van der Waals surface area (Å²) in [5.74, 6) is -3.22. The molecule has 1 atom stereocenters. The summed E-state index contributed by atoms with van der Waals surface area (Å²) >= 11 is 0. The Kier molecular flexibility index (Phi) is 5.21. The third kappa shape index (κ3) is 3.24. The maximum atomic E-state index is 13.3. The molecule has 144 valence electrons. The van der Waals surface area contributed by atoms with E-state index in [0.717, 1.165) is 17.0 Å². The van der Waals surface area contributed by atoms with Crippen LogP contribution >= 0.6 is 0 Å². The summed E-state index contributed by atoms with van der Waals surface area (Å²) in [6.07, 6.45) is 0. The van der Waals surface area contributed by atoms with Gasteiger partial charge >= 0.3 is 11.9 Å². The van der Waals surface area contributed by atoms with Gasteiger partial charge < -0.3 is 4.74 Å². The summed E-state index contributed by atoms with van der Waals surface area (Å²) < 4.78 is 18.4. The zero-order valence-electron chi connectivity index (χ0n) is 15.3. The van der Waals surface area contributed by atoms with Crippen LogP contribution in [0.4, 0.5) is 15.8 Å². The first-order chi connectivity index (χ1) is 13.4. The molecule has 0 aliphatic carbocycles. The van der Waals surface area contributed by atoms with Crippen LogP contribution in [0.25, 0.3) is 0 Å². The Hall–Kier alpha value is -3.55. The summed E-state index contributed by atoms with van der Waals surface area (Å²) in [4.78, 5) is 39.1. The molecule has 1 heterocycles. The number of carbonyl (C=O) groups excluding carboxylic acids is 3. The molecule has 0 aromatic heterocycles. The molecular weight excluding hydrogens is 365 g/mol. The SMILES string of the molecule is CCOC(=O)[C@]1(C)/C(=N\Nc2ccccc2)C(=O)C(=O)N1c1ccc(F)cc1. The van der Waals surface area contributed by atoms with Gasteiger partial charge in [-0.2, -0.15) is 5.10 Å². The summed E-state index contributed by atoms with van der Waals surface area (Å²) in [6.45, 7) is 3.04. The summed E-state index contributed by atoms with van der Waals surface area (Å²) in [6, 6.07) is 13.7. The molecule has 1 aliphatic rings. The lowest BCUT2D eigenvalue weighted by Crippen LogP contribution is -2.55. The van der Waals surface area contributed by atoms with Crippen LogP contribution in [0.3, 0.4) is 0 Å². The van der Waals surface area contributed by atoms with E-state index in [1.54, 1.807) is 31.2 Å². The molecule has 7 nitrogen and oxygen atoms in total. The molecule has 0 unspecified atom stereocenters. The van der Waals surface area contributed by atoms with Gasteiger partial charge in [-0.25, -0.2) is 9.18 Å². The first kappa shape index (κ1) is 19.2. The number of hydrogen-bond donors (Lipinski definition) is 1. The number of ketones is 1. The molecule has 0 spiro atoms. The Labute approximate surface area is 160 Å². The Bertz CT molecular complexity index is 944. The molecule has 1 saturated heterocycles. The molecule has 28 heavy (non-hydrogen) atoms. The molecule has 2 aromatic rings. The van der Waals surface area contributed by atoms with E-state index in [0.29, 0.717) is 5.69 Å². The molecule has 3 rings (SSSR count). The minimum absolute atomic E-state index is 0.0491. The van der Waals surface area contributed by atoms with Crippen LogP contribution in [0.5, 0.6) is 0 Å². The average molecular weight is 383 g/mol. The van der Waals surface area contributed by atoms with Crippen molar-refractivity contribution < 1.29 is 23.5 Å². The molecule has 1 aliphatic heterocycles. The Balaban J connectivity index is 2.09. The van der Waals surface area contributed by atoms with E-state index in [1.165, 1.54) is 19.1 Å². The van der Waals surface area contributed by atoms with E-state index in [-0.39, 0.29) is 18.0 Å². The summed E-state index contributed by atoms with van der Waals surface area (Å²) in [5.41, 5.74) is 1.34. The Morgan fingerprint density at radius 3 is 2.39 bits per heavy atom. The maximum absolute atomic E-state index is 13.3. The monoisotopic (exact) mass is 383 g/mol. The largest absolute Gasteiger partial charge is 0.464 e. The lowest BCUT2D eigenvalue weighted by Gasteiger charge is -2.31. The highest BCUT2D eigenvalue weighted by atomic mass is 19.1. The molecular formula is C20H18FN3O4. The van der Waals surface area contributed by atoms with Gasteiger partial charge in [0.2, 0.25) is 0 Å². The molecule has 2 aromatic carbocycles. The summed E-state index contributed by atoms with van der Waals surface area (Å²) in [7, 11) is 0. The standard InChI is InChI=1S/C20H18FN3O4/c1-3-28-19(27)20(2)17(23-22-14-7-5-4-6-8-14)16(25)18(26)24(20)15-11-9-13(21)10-12-15/h4-12,22H,3H2,1-2H3/b23-17-/t20-/m0/s1. The molecule has 1 N–H and O–H groups in total. The van der Waals surface area contributed by atoms with Crippen molar-refractivity contribution in [1.29, 1.82) is 0 Å². The number of Topliss-reactive ketones (excluding diaryl/α,β-unsaturated/α-hetero) is 1. The zero-order chi connectivity index (χ0) is 20.3. The van der Waals surface area contributed by atoms with Crippen molar-refractivity contribution in [2.75, 3.05) is 16.9 Å². The first-order valence-electron chi connectivity index (χ1n) is 8.60. The third-order valence-corrected chi connectivity index (χ3v) is 4.35. The van der Waals surface area contributed by atoms with Gasteiger partial charge in [0.25, 0.3) is 5.78 Å². The van der Waals surface area contributed by atoms with Gasteiger partial charge in [-0.3, -0.25) is 19.9 Å². The van der Waals surface area contributed by atoms with Crippen molar-refractivity contribution in [3.63, 3.8) is 0 Å². The van der Waals surface area contributed by atoms with Crippen LogP contribution in [0, 0.1) is 5.82 Å². The van der Waals surface area contributed by atoms with Crippen LogP contribution in [-0.2, 0) is 19.1 Å². The second-order valence-electron chi connectivity index (χ2n) is 6.18. The van der Waals surface area contributed by atoms with Gasteiger partial charge in [0.1, 0.15) is 5.82 Å². The Morgan fingerprint density at radius 2 is 1.79 bits per heavy atom. The summed E-state index contributed by atoms with van der Waals surface area (Å²) in [5, 5.41) is 4.05. The zero-order valence-corrected chi connectivity index (χ0v) is 15.3. The van der Waals surface area contributed by atoms with Crippen LogP contribution < -0.4 is 10.3 Å². The van der Waals surface area contributed by atoms with Gasteiger partial charge in [0, 0.05) is 5.69 Å². The van der Waals surface area contributed by atoms with Gasteiger partial charge in [-0.05, 0) is 50.2 Å². The molecule has 0 radical (unpaired) electrons. The normalized spacial score (nSPS) is 20.5. The number of rotatable bonds is 5. The minimum Gasteiger partial charge on any atom is -0.464 e. The van der Waals surface area contributed by atoms with Gasteiger partial charge in [-0.15, -0.1) is 0 Å². The second-order valence-corrected chi connectivity index (χ2v) is 6.18. The van der Waals surface area contributed by atoms with Crippen molar-refractivity contribution >= 4 is 34.7 Å². The maximum Gasteiger partial charge on any atom is 0.338 e. The van der Waals surface area contributed by atoms with E-state index < -0.39 is 29.0 Å². The number of nitrogens with zero attached hydrogens (tertiary/aromatic N) is 2. The van der Waals surface area contributed by atoms with E-state index >= 15 is 0 Å². The molecule has 0 bridgehead atoms. The topological polar surface area (TPSA) is 88.1 Å². The predicted molar refractivity (Wildman–Crippen MR) is 101 cm³/mol. The molecule has 1 fully saturated rings. The highest BCUT2D eigenvalue weighted by Crippen LogP contribution is 2.33.